The van der Waals surface area contributed by atoms with Crippen molar-refractivity contribution in [3.8, 4) is 5.75 Å². The number of rotatable bonds is 6. The highest BCUT2D eigenvalue weighted by Crippen LogP contribution is 2.23. The van der Waals surface area contributed by atoms with Crippen LogP contribution >= 0.6 is 11.3 Å². The van der Waals surface area contributed by atoms with Crippen LogP contribution in [0.2, 0.25) is 0 Å². The number of nitro benzene ring substituents is 1. The van der Waals surface area contributed by atoms with E-state index in [1.807, 2.05) is 0 Å². The lowest BCUT2D eigenvalue weighted by Gasteiger charge is -2.05. The molecule has 0 fully saturated rings. The summed E-state index contributed by atoms with van der Waals surface area (Å²) in [5.41, 5.74) is 0.345. The van der Waals surface area contributed by atoms with E-state index < -0.39 is 29.2 Å². The lowest BCUT2D eigenvalue weighted by molar-refractivity contribution is -0.384. The van der Waals surface area contributed by atoms with Crippen molar-refractivity contribution >= 4 is 39.1 Å². The van der Waals surface area contributed by atoms with Gasteiger partial charge < -0.3 is 14.0 Å². The van der Waals surface area contributed by atoms with Gasteiger partial charge in [-0.3, -0.25) is 19.7 Å². The number of carbonyl (C=O) groups is 2. The second-order valence-corrected chi connectivity index (χ2v) is 6.69. The summed E-state index contributed by atoms with van der Waals surface area (Å²) in [6.07, 6.45) is 0. The summed E-state index contributed by atoms with van der Waals surface area (Å²) >= 11 is 0.995. The Bertz CT molecular complexity index is 1170. The third-order valence-electron chi connectivity index (χ3n) is 3.80. The van der Waals surface area contributed by atoms with Crippen LogP contribution in [0.25, 0.3) is 10.2 Å². The summed E-state index contributed by atoms with van der Waals surface area (Å²) in [6, 6.07) is 9.69. The molecule has 0 aliphatic carbocycles. The maximum Gasteiger partial charge on any atom is 0.325 e. The summed E-state index contributed by atoms with van der Waals surface area (Å²) in [4.78, 5) is 38.5. The molecule has 9 nitrogen and oxygen atoms in total. The van der Waals surface area contributed by atoms with Crippen LogP contribution in [-0.2, 0) is 20.9 Å². The fourth-order valence-electron chi connectivity index (χ4n) is 2.45. The lowest BCUT2D eigenvalue weighted by Crippen LogP contribution is -2.23. The molecule has 0 saturated heterocycles. The molecule has 0 saturated carbocycles. The number of hydrogen-bond acceptors (Lipinski definition) is 7. The molecule has 0 atom stereocenters. The van der Waals surface area contributed by atoms with Crippen molar-refractivity contribution in [1.82, 2.24) is 4.57 Å². The molecule has 3 aromatic rings. The Morgan fingerprint density at radius 1 is 1.28 bits per heavy atom. The number of carbonyl (C=O) groups excluding carboxylic acids is 2. The highest BCUT2D eigenvalue weighted by atomic mass is 32.1. The maximum absolute atomic E-state index is 13.6. The number of nitro groups is 1. The van der Waals surface area contributed by atoms with Crippen molar-refractivity contribution in [3.63, 3.8) is 0 Å². The normalized spacial score (nSPS) is 11.4. The van der Waals surface area contributed by atoms with Gasteiger partial charge in [-0.05, 0) is 18.2 Å². The van der Waals surface area contributed by atoms with E-state index in [4.69, 9.17) is 4.74 Å². The molecule has 0 N–H and O–H groups in total. The van der Waals surface area contributed by atoms with Gasteiger partial charge in [0.05, 0.1) is 22.2 Å². The molecule has 11 heteroatoms. The molecule has 0 unspecified atom stereocenters. The molecule has 0 bridgehead atoms. The van der Waals surface area contributed by atoms with Crippen LogP contribution in [0.1, 0.15) is 0 Å². The molecule has 0 aliphatic heterocycles. The average molecular weight is 419 g/mol. The highest BCUT2D eigenvalue weighted by molar-refractivity contribution is 7.16. The summed E-state index contributed by atoms with van der Waals surface area (Å²) in [6.45, 7) is -0.762. The lowest BCUT2D eigenvalue weighted by atomic mass is 10.3. The molecule has 0 radical (unpaired) electrons. The van der Waals surface area contributed by atoms with Crippen LogP contribution < -0.4 is 9.54 Å². The molecule has 2 aromatic carbocycles. The smallest absolute Gasteiger partial charge is 0.325 e. The zero-order chi connectivity index (χ0) is 21.0. The molecule has 1 amide bonds. The summed E-state index contributed by atoms with van der Waals surface area (Å²) in [5, 5.41) is 11.0. The van der Waals surface area contributed by atoms with Gasteiger partial charge in [-0.25, -0.2) is 4.39 Å². The number of halogens is 1. The number of nitrogens with zero attached hydrogens (tertiary/aromatic N) is 3. The van der Waals surface area contributed by atoms with Crippen molar-refractivity contribution in [1.29, 1.82) is 0 Å². The molecular formula is C18H14FN3O6S. The SMILES string of the molecule is COC(=O)Cn1c(=NC(=O)COc2ccccc2F)sc2cc([N+](=O)[O-])ccc21. The van der Waals surface area contributed by atoms with Crippen molar-refractivity contribution in [2.75, 3.05) is 13.7 Å². The summed E-state index contributed by atoms with van der Waals surface area (Å²) < 4.78 is 25.2. The van der Waals surface area contributed by atoms with Crippen LogP contribution in [0.15, 0.2) is 47.5 Å². The van der Waals surface area contributed by atoms with Crippen LogP contribution in [0, 0.1) is 15.9 Å². The molecule has 0 aliphatic rings. The Morgan fingerprint density at radius 2 is 2.03 bits per heavy atom. The van der Waals surface area contributed by atoms with Gasteiger partial charge in [0.25, 0.3) is 11.6 Å². The van der Waals surface area contributed by atoms with E-state index >= 15 is 0 Å². The number of amides is 1. The van der Waals surface area contributed by atoms with Crippen molar-refractivity contribution in [2.45, 2.75) is 6.54 Å². The number of aromatic nitrogens is 1. The summed E-state index contributed by atoms with van der Waals surface area (Å²) in [7, 11) is 1.21. The van der Waals surface area contributed by atoms with E-state index in [1.54, 1.807) is 6.07 Å². The second-order valence-electron chi connectivity index (χ2n) is 5.68. The Balaban J connectivity index is 1.95. The van der Waals surface area contributed by atoms with E-state index in [9.17, 15) is 24.1 Å². The topological polar surface area (TPSA) is 113 Å². The number of thiazole rings is 1. The van der Waals surface area contributed by atoms with Crippen molar-refractivity contribution in [3.05, 3.63) is 63.2 Å². The van der Waals surface area contributed by atoms with Gasteiger partial charge in [0, 0.05) is 12.1 Å². The van der Waals surface area contributed by atoms with Crippen LogP contribution in [-0.4, -0.2) is 35.1 Å². The maximum atomic E-state index is 13.6. The molecule has 3 rings (SSSR count). The quantitative estimate of drug-likeness (QED) is 0.345. The standard InChI is InChI=1S/C18H14FN3O6S/c1-27-17(24)9-21-13-7-6-11(22(25)26)8-15(13)29-18(21)20-16(23)10-28-14-5-3-2-4-12(14)19/h2-8H,9-10H2,1H3. The monoisotopic (exact) mass is 419 g/mol. The third kappa shape index (κ3) is 4.63. The number of fused-ring (bicyclic) bond motifs is 1. The minimum absolute atomic E-state index is 0.0922. The first-order chi connectivity index (χ1) is 13.9. The summed E-state index contributed by atoms with van der Waals surface area (Å²) in [5.74, 6) is -2.01. The number of benzene rings is 2. The van der Waals surface area contributed by atoms with E-state index in [-0.39, 0.29) is 22.8 Å². The number of ether oxygens (including phenoxy) is 2. The third-order valence-corrected chi connectivity index (χ3v) is 4.84. The van der Waals surface area contributed by atoms with Crippen molar-refractivity contribution < 1.29 is 28.4 Å². The highest BCUT2D eigenvalue weighted by Gasteiger charge is 2.15. The predicted octanol–water partition coefficient (Wildman–Crippen LogP) is 2.43. The Kier molecular flexibility index (Phi) is 5.98. The number of para-hydroxylation sites is 1. The van der Waals surface area contributed by atoms with Crippen LogP contribution in [0.4, 0.5) is 10.1 Å². The first kappa shape index (κ1) is 20.1. The van der Waals surface area contributed by atoms with Gasteiger partial charge in [-0.15, -0.1) is 0 Å². The van der Waals surface area contributed by atoms with Gasteiger partial charge in [-0.1, -0.05) is 23.5 Å². The number of methoxy groups -OCH3 is 1. The largest absolute Gasteiger partial charge is 0.481 e. The van der Waals surface area contributed by atoms with E-state index in [0.29, 0.717) is 10.2 Å². The fraction of sp³-hybridized carbons (Fsp3) is 0.167. The van der Waals surface area contributed by atoms with Gasteiger partial charge in [0.15, 0.2) is 23.0 Å². The molecule has 150 valence electrons. The minimum Gasteiger partial charge on any atom is -0.481 e. The minimum atomic E-state index is -0.715. The fourth-order valence-corrected chi connectivity index (χ4v) is 3.53. The zero-order valence-electron chi connectivity index (χ0n) is 15.0. The molecule has 0 spiro atoms. The Hall–Kier alpha value is -3.60. The van der Waals surface area contributed by atoms with Crippen LogP contribution in [0.5, 0.6) is 5.75 Å². The van der Waals surface area contributed by atoms with Crippen LogP contribution in [0.3, 0.4) is 0 Å². The molecule has 1 aromatic heterocycles. The zero-order valence-corrected chi connectivity index (χ0v) is 15.8. The van der Waals surface area contributed by atoms with E-state index in [0.717, 1.165) is 11.3 Å². The number of hydrogen-bond donors (Lipinski definition) is 0. The predicted molar refractivity (Wildman–Crippen MR) is 101 cm³/mol. The number of non-ortho nitro benzene ring substituents is 1. The first-order valence-corrected chi connectivity index (χ1v) is 9.00. The molecule has 1 heterocycles. The Labute approximate surface area is 166 Å². The number of esters is 1. The Morgan fingerprint density at radius 3 is 2.72 bits per heavy atom. The van der Waals surface area contributed by atoms with Gasteiger partial charge in [0.1, 0.15) is 6.54 Å². The van der Waals surface area contributed by atoms with Crippen molar-refractivity contribution in [2.24, 2.45) is 4.99 Å². The van der Waals surface area contributed by atoms with E-state index in [2.05, 4.69) is 9.73 Å². The molecule has 29 heavy (non-hydrogen) atoms. The first-order valence-electron chi connectivity index (χ1n) is 8.18. The van der Waals surface area contributed by atoms with Gasteiger partial charge in [0.2, 0.25) is 0 Å². The van der Waals surface area contributed by atoms with E-state index in [1.165, 1.54) is 48.1 Å². The van der Waals surface area contributed by atoms with Gasteiger partial charge >= 0.3 is 5.97 Å². The second kappa shape index (κ2) is 8.61. The van der Waals surface area contributed by atoms with Gasteiger partial charge in [-0.2, -0.15) is 4.99 Å². The average Bonchev–Trinajstić information content (AvgIpc) is 3.03. The molecular weight excluding hydrogens is 405 g/mol.